The quantitative estimate of drug-likeness (QED) is 0.728. The minimum Gasteiger partial charge on any atom is -0.285 e. The van der Waals surface area contributed by atoms with Crippen LogP contribution in [0.4, 0.5) is 13.2 Å². The normalized spacial score (nSPS) is 11.7. The number of alkyl halides is 3. The van der Waals surface area contributed by atoms with Crippen LogP contribution in [0.1, 0.15) is 16.0 Å². The highest BCUT2D eigenvalue weighted by molar-refractivity contribution is 7.98. The number of nitrogens with zero attached hydrogens (tertiary/aromatic N) is 4. The average Bonchev–Trinajstić information content (AvgIpc) is 3.11. The van der Waals surface area contributed by atoms with Crippen LogP contribution in [0, 0.1) is 11.3 Å². The van der Waals surface area contributed by atoms with E-state index in [4.69, 9.17) is 5.26 Å². The van der Waals surface area contributed by atoms with E-state index >= 15 is 0 Å². The van der Waals surface area contributed by atoms with Crippen LogP contribution < -0.4 is 5.69 Å². The van der Waals surface area contributed by atoms with Crippen molar-refractivity contribution in [2.24, 2.45) is 0 Å². The Bertz CT molecular complexity index is 966. The number of hydrogen-bond donors (Lipinski definition) is 1. The third-order valence-electron chi connectivity index (χ3n) is 2.85. The fraction of sp³-hybridized carbons (Fsp3) is 0.167. The Morgan fingerprint density at radius 1 is 1.48 bits per heavy atom. The van der Waals surface area contributed by atoms with Gasteiger partial charge in [0.05, 0.1) is 6.20 Å². The average molecular weight is 357 g/mol. The Hall–Kier alpha value is -2.32. The molecule has 3 rings (SSSR count). The molecule has 3 heterocycles. The van der Waals surface area contributed by atoms with Crippen LogP contribution in [0.3, 0.4) is 0 Å². The highest BCUT2D eigenvalue weighted by Crippen LogP contribution is 2.37. The highest BCUT2D eigenvalue weighted by atomic mass is 32.2. The molecule has 11 heteroatoms. The van der Waals surface area contributed by atoms with Crippen LogP contribution >= 0.6 is 23.1 Å². The summed E-state index contributed by atoms with van der Waals surface area (Å²) in [4.78, 5) is 17.6. The van der Waals surface area contributed by atoms with Gasteiger partial charge in [-0.1, -0.05) is 11.8 Å². The van der Waals surface area contributed by atoms with Gasteiger partial charge in [-0.2, -0.15) is 28.0 Å². The van der Waals surface area contributed by atoms with Gasteiger partial charge in [-0.05, 0) is 17.0 Å². The van der Waals surface area contributed by atoms with Crippen molar-refractivity contribution in [1.82, 2.24) is 19.6 Å². The number of nitriles is 1. The SMILES string of the molecule is N#Cc1cnn2c(=O)[nH]c(SCc3ccsc3C(F)(F)F)nc12. The minimum absolute atomic E-state index is 0.00647. The predicted octanol–water partition coefficient (Wildman–Crippen LogP) is 2.66. The van der Waals surface area contributed by atoms with Crippen molar-refractivity contribution in [3.8, 4) is 6.07 Å². The fourth-order valence-corrected chi connectivity index (χ4v) is 3.59. The number of aromatic nitrogens is 4. The first kappa shape index (κ1) is 15.6. The number of nitrogens with one attached hydrogen (secondary N) is 1. The second kappa shape index (κ2) is 5.71. The van der Waals surface area contributed by atoms with E-state index in [0.29, 0.717) is 11.3 Å². The summed E-state index contributed by atoms with van der Waals surface area (Å²) < 4.78 is 39.4. The second-order valence-electron chi connectivity index (χ2n) is 4.31. The molecule has 1 N–H and O–H groups in total. The third-order valence-corrected chi connectivity index (χ3v) is 4.77. The molecule has 118 valence electrons. The Morgan fingerprint density at radius 3 is 2.96 bits per heavy atom. The van der Waals surface area contributed by atoms with Gasteiger partial charge in [-0.25, -0.2) is 9.78 Å². The molecule has 0 atom stereocenters. The molecule has 0 saturated heterocycles. The van der Waals surface area contributed by atoms with Crippen molar-refractivity contribution in [3.63, 3.8) is 0 Å². The largest absolute Gasteiger partial charge is 0.425 e. The molecule has 23 heavy (non-hydrogen) atoms. The fourth-order valence-electron chi connectivity index (χ4n) is 1.86. The molecule has 0 aliphatic heterocycles. The number of thioether (sulfide) groups is 1. The van der Waals surface area contributed by atoms with Crippen molar-refractivity contribution in [2.45, 2.75) is 17.1 Å². The molecule has 0 spiro atoms. The Kier molecular flexibility index (Phi) is 3.87. The zero-order chi connectivity index (χ0) is 16.6. The molecule has 0 amide bonds. The second-order valence-corrected chi connectivity index (χ2v) is 6.19. The molecule has 3 aromatic rings. The maximum absolute atomic E-state index is 12.8. The first-order valence-electron chi connectivity index (χ1n) is 6.04. The topological polar surface area (TPSA) is 86.8 Å². The van der Waals surface area contributed by atoms with Crippen LogP contribution in [0.5, 0.6) is 0 Å². The lowest BCUT2D eigenvalue weighted by atomic mass is 10.3. The maximum Gasteiger partial charge on any atom is 0.425 e. The molecule has 0 aliphatic carbocycles. The monoisotopic (exact) mass is 357 g/mol. The summed E-state index contributed by atoms with van der Waals surface area (Å²) in [6, 6.07) is 3.23. The van der Waals surface area contributed by atoms with Gasteiger partial charge in [-0.15, -0.1) is 11.3 Å². The zero-order valence-electron chi connectivity index (χ0n) is 11.1. The van der Waals surface area contributed by atoms with Gasteiger partial charge in [0.15, 0.2) is 10.8 Å². The summed E-state index contributed by atoms with van der Waals surface area (Å²) in [7, 11) is 0. The number of thiophene rings is 1. The van der Waals surface area contributed by atoms with Crippen molar-refractivity contribution in [2.75, 3.05) is 0 Å². The standard InChI is InChI=1S/C12H6F3N5OS2/c13-12(14,15)8-6(1-2-22-8)5-23-10-18-9-7(3-16)4-17-20(9)11(21)19-10/h1-2,4H,5H2,(H,18,19,21). The number of hydrogen-bond acceptors (Lipinski definition) is 6. The van der Waals surface area contributed by atoms with Crippen LogP contribution in [0.25, 0.3) is 5.65 Å². The lowest BCUT2D eigenvalue weighted by Crippen LogP contribution is -2.19. The van der Waals surface area contributed by atoms with Crippen molar-refractivity contribution in [3.05, 3.63) is 44.1 Å². The van der Waals surface area contributed by atoms with Gasteiger partial charge >= 0.3 is 11.9 Å². The molecule has 0 saturated carbocycles. The first-order chi connectivity index (χ1) is 10.9. The molecule has 3 aromatic heterocycles. The van der Waals surface area contributed by atoms with Crippen molar-refractivity contribution >= 4 is 28.7 Å². The van der Waals surface area contributed by atoms with Gasteiger partial charge in [0, 0.05) is 5.75 Å². The third kappa shape index (κ3) is 2.95. The Balaban J connectivity index is 1.90. The summed E-state index contributed by atoms with van der Waals surface area (Å²) in [5.41, 5.74) is -0.311. The van der Waals surface area contributed by atoms with E-state index in [-0.39, 0.29) is 27.7 Å². The van der Waals surface area contributed by atoms with Gasteiger partial charge in [0.1, 0.15) is 16.5 Å². The molecule has 0 fully saturated rings. The van der Waals surface area contributed by atoms with E-state index in [9.17, 15) is 18.0 Å². The van der Waals surface area contributed by atoms with Crippen LogP contribution in [-0.2, 0) is 11.9 Å². The van der Waals surface area contributed by atoms with Crippen LogP contribution in [0.2, 0.25) is 0 Å². The summed E-state index contributed by atoms with van der Waals surface area (Å²) in [6.45, 7) is 0. The van der Waals surface area contributed by atoms with Crippen molar-refractivity contribution in [1.29, 1.82) is 5.26 Å². The molecule has 0 aliphatic rings. The van der Waals surface area contributed by atoms with E-state index in [1.54, 1.807) is 0 Å². The molecule has 0 aromatic carbocycles. The summed E-state index contributed by atoms with van der Waals surface area (Å²) in [5, 5.41) is 14.1. The molecule has 0 unspecified atom stereocenters. The number of H-pyrrole nitrogens is 1. The minimum atomic E-state index is -4.41. The van der Waals surface area contributed by atoms with Gasteiger partial charge in [0.2, 0.25) is 0 Å². The Morgan fingerprint density at radius 2 is 2.26 bits per heavy atom. The Labute approximate surface area is 134 Å². The van der Waals surface area contributed by atoms with E-state index in [1.807, 2.05) is 6.07 Å². The number of fused-ring (bicyclic) bond motifs is 1. The lowest BCUT2D eigenvalue weighted by Gasteiger charge is -2.07. The van der Waals surface area contributed by atoms with Crippen LogP contribution in [0.15, 0.2) is 27.6 Å². The molecule has 0 bridgehead atoms. The predicted molar refractivity (Wildman–Crippen MR) is 77.2 cm³/mol. The first-order valence-corrected chi connectivity index (χ1v) is 7.91. The van der Waals surface area contributed by atoms with Gasteiger partial charge in [-0.3, -0.25) is 4.98 Å². The molecular weight excluding hydrogens is 351 g/mol. The summed E-state index contributed by atoms with van der Waals surface area (Å²) in [5.74, 6) is -0.00647. The lowest BCUT2D eigenvalue weighted by molar-refractivity contribution is -0.134. The van der Waals surface area contributed by atoms with Crippen LogP contribution in [-0.4, -0.2) is 19.6 Å². The van der Waals surface area contributed by atoms with Crippen molar-refractivity contribution < 1.29 is 13.2 Å². The maximum atomic E-state index is 12.8. The molecular formula is C12H6F3N5OS2. The summed E-state index contributed by atoms with van der Waals surface area (Å²) in [6.07, 6.45) is -3.21. The number of halogens is 3. The summed E-state index contributed by atoms with van der Waals surface area (Å²) >= 11 is 1.57. The number of aromatic amines is 1. The van der Waals surface area contributed by atoms with E-state index in [0.717, 1.165) is 16.3 Å². The number of rotatable bonds is 3. The van der Waals surface area contributed by atoms with E-state index < -0.39 is 16.7 Å². The van der Waals surface area contributed by atoms with E-state index in [2.05, 4.69) is 15.1 Å². The molecule has 0 radical (unpaired) electrons. The van der Waals surface area contributed by atoms with Gasteiger partial charge < -0.3 is 0 Å². The van der Waals surface area contributed by atoms with E-state index in [1.165, 1.54) is 17.6 Å². The highest BCUT2D eigenvalue weighted by Gasteiger charge is 2.34. The smallest absolute Gasteiger partial charge is 0.285 e. The zero-order valence-corrected chi connectivity index (χ0v) is 12.7. The molecule has 6 nitrogen and oxygen atoms in total. The van der Waals surface area contributed by atoms with Gasteiger partial charge in [0.25, 0.3) is 0 Å².